The third kappa shape index (κ3) is 7.05. The lowest BCUT2D eigenvalue weighted by molar-refractivity contribution is 0.164. The van der Waals surface area contributed by atoms with E-state index in [1.807, 2.05) is 0 Å². The monoisotopic (exact) mass is 283 g/mol. The zero-order valence-electron chi connectivity index (χ0n) is 14.5. The van der Waals surface area contributed by atoms with Crippen molar-refractivity contribution in [2.45, 2.75) is 47.0 Å². The molecule has 20 heavy (non-hydrogen) atoms. The molecular formula is C17H37N3. The summed E-state index contributed by atoms with van der Waals surface area (Å²) in [5, 5.41) is 3.64. The van der Waals surface area contributed by atoms with Crippen LogP contribution in [0.4, 0.5) is 0 Å². The highest BCUT2D eigenvalue weighted by atomic mass is 15.2. The zero-order chi connectivity index (χ0) is 15.0. The average Bonchev–Trinajstić information content (AvgIpc) is 2.89. The maximum Gasteiger partial charge on any atom is 0.0109 e. The first-order valence-electron chi connectivity index (χ1n) is 8.57. The average molecular weight is 284 g/mol. The van der Waals surface area contributed by atoms with E-state index in [2.05, 4.69) is 49.9 Å². The first kappa shape index (κ1) is 17.9. The van der Waals surface area contributed by atoms with E-state index in [1.54, 1.807) is 0 Å². The fraction of sp³-hybridized carbons (Fsp3) is 1.00. The van der Waals surface area contributed by atoms with E-state index in [1.165, 1.54) is 52.0 Å². The number of nitrogens with zero attached hydrogens (tertiary/aromatic N) is 2. The predicted molar refractivity (Wildman–Crippen MR) is 89.3 cm³/mol. The Kier molecular flexibility index (Phi) is 8.08. The van der Waals surface area contributed by atoms with Crippen molar-refractivity contribution < 1.29 is 0 Å². The minimum Gasteiger partial charge on any atom is -0.316 e. The van der Waals surface area contributed by atoms with Gasteiger partial charge in [0.05, 0.1) is 0 Å². The van der Waals surface area contributed by atoms with Crippen molar-refractivity contribution in [2.75, 3.05) is 52.9 Å². The maximum absolute atomic E-state index is 3.64. The van der Waals surface area contributed by atoms with E-state index >= 15 is 0 Å². The number of nitrogens with one attached hydrogen (secondary N) is 1. The molecule has 0 radical (unpaired) electrons. The molecule has 1 rings (SSSR count). The highest BCUT2D eigenvalue weighted by molar-refractivity contribution is 4.79. The van der Waals surface area contributed by atoms with Gasteiger partial charge in [0.25, 0.3) is 0 Å². The molecule has 3 heteroatoms. The molecule has 0 amide bonds. The normalized spacial score (nSPS) is 19.9. The van der Waals surface area contributed by atoms with Gasteiger partial charge in [0, 0.05) is 26.2 Å². The van der Waals surface area contributed by atoms with Crippen LogP contribution < -0.4 is 5.32 Å². The molecule has 0 aliphatic carbocycles. The molecule has 1 N–H and O–H groups in total. The van der Waals surface area contributed by atoms with Gasteiger partial charge in [0.1, 0.15) is 0 Å². The lowest BCUT2D eigenvalue weighted by Gasteiger charge is -2.34. The molecule has 0 bridgehead atoms. The Morgan fingerprint density at radius 2 is 1.90 bits per heavy atom. The summed E-state index contributed by atoms with van der Waals surface area (Å²) in [4.78, 5) is 5.13. The van der Waals surface area contributed by atoms with Crippen LogP contribution >= 0.6 is 0 Å². The summed E-state index contributed by atoms with van der Waals surface area (Å²) in [7, 11) is 2.28. The van der Waals surface area contributed by atoms with Crippen LogP contribution in [0.5, 0.6) is 0 Å². The molecule has 1 fully saturated rings. The molecule has 1 atom stereocenters. The van der Waals surface area contributed by atoms with Crippen LogP contribution in [0.3, 0.4) is 0 Å². The largest absolute Gasteiger partial charge is 0.316 e. The lowest BCUT2D eigenvalue weighted by atomic mass is 9.86. The first-order valence-corrected chi connectivity index (χ1v) is 8.57. The van der Waals surface area contributed by atoms with E-state index in [9.17, 15) is 0 Å². The van der Waals surface area contributed by atoms with Crippen molar-refractivity contribution >= 4 is 0 Å². The minimum absolute atomic E-state index is 0.397. The number of likely N-dealkylation sites (N-methyl/N-ethyl adjacent to an activating group) is 1. The molecule has 0 saturated carbocycles. The highest BCUT2D eigenvalue weighted by Gasteiger charge is 2.24. The van der Waals surface area contributed by atoms with Crippen molar-refractivity contribution in [1.82, 2.24) is 15.1 Å². The number of hydrogen-bond acceptors (Lipinski definition) is 3. The van der Waals surface area contributed by atoms with E-state index in [0.717, 1.165) is 19.0 Å². The summed E-state index contributed by atoms with van der Waals surface area (Å²) in [6.07, 6.45) is 4.04. The van der Waals surface area contributed by atoms with Crippen molar-refractivity contribution in [2.24, 2.45) is 11.3 Å². The molecular weight excluding hydrogens is 246 g/mol. The molecule has 1 heterocycles. The Balaban J connectivity index is 2.25. The topological polar surface area (TPSA) is 18.5 Å². The Morgan fingerprint density at radius 3 is 2.45 bits per heavy atom. The Hall–Kier alpha value is -0.120. The molecule has 0 spiro atoms. The van der Waals surface area contributed by atoms with Gasteiger partial charge in [0.15, 0.2) is 0 Å². The van der Waals surface area contributed by atoms with Crippen molar-refractivity contribution in [3.63, 3.8) is 0 Å². The fourth-order valence-electron chi connectivity index (χ4n) is 3.00. The minimum atomic E-state index is 0.397. The van der Waals surface area contributed by atoms with Gasteiger partial charge in [-0.3, -0.25) is 0 Å². The first-order chi connectivity index (χ1) is 9.45. The van der Waals surface area contributed by atoms with Crippen LogP contribution in [0, 0.1) is 11.3 Å². The zero-order valence-corrected chi connectivity index (χ0v) is 14.5. The van der Waals surface area contributed by atoms with Gasteiger partial charge in [-0.1, -0.05) is 27.7 Å². The smallest absolute Gasteiger partial charge is 0.0109 e. The summed E-state index contributed by atoms with van der Waals surface area (Å²) in [5.41, 5.74) is 0.397. The summed E-state index contributed by atoms with van der Waals surface area (Å²) in [6.45, 7) is 17.8. The van der Waals surface area contributed by atoms with Gasteiger partial charge in [0.2, 0.25) is 0 Å². The quantitative estimate of drug-likeness (QED) is 0.665. The second-order valence-corrected chi connectivity index (χ2v) is 7.48. The van der Waals surface area contributed by atoms with E-state index in [-0.39, 0.29) is 0 Å². The molecule has 120 valence electrons. The highest BCUT2D eigenvalue weighted by Crippen LogP contribution is 2.21. The molecule has 1 saturated heterocycles. The Bertz CT molecular complexity index is 249. The Labute approximate surface area is 127 Å². The van der Waals surface area contributed by atoms with Gasteiger partial charge >= 0.3 is 0 Å². The van der Waals surface area contributed by atoms with E-state index in [0.29, 0.717) is 5.41 Å². The second kappa shape index (κ2) is 9.01. The molecule has 0 aromatic heterocycles. The Morgan fingerprint density at radius 1 is 1.25 bits per heavy atom. The molecule has 0 aromatic carbocycles. The second-order valence-electron chi connectivity index (χ2n) is 7.48. The van der Waals surface area contributed by atoms with E-state index < -0.39 is 0 Å². The van der Waals surface area contributed by atoms with Crippen LogP contribution in [-0.4, -0.2) is 62.7 Å². The predicted octanol–water partition coefficient (Wildman–Crippen LogP) is 2.68. The standard InChI is InChI=1S/C17H37N3/c1-6-17(4,14-18-13-16(2)3)15-19(5)11-12-20-9-7-8-10-20/h16,18H,6-15H2,1-5H3. The van der Waals surface area contributed by atoms with Gasteiger partial charge in [-0.2, -0.15) is 0 Å². The van der Waals surface area contributed by atoms with Gasteiger partial charge < -0.3 is 15.1 Å². The van der Waals surface area contributed by atoms with Gasteiger partial charge in [-0.15, -0.1) is 0 Å². The molecule has 1 unspecified atom stereocenters. The third-order valence-electron chi connectivity index (χ3n) is 4.61. The molecule has 1 aliphatic heterocycles. The third-order valence-corrected chi connectivity index (χ3v) is 4.61. The molecule has 3 nitrogen and oxygen atoms in total. The van der Waals surface area contributed by atoms with E-state index in [4.69, 9.17) is 0 Å². The van der Waals surface area contributed by atoms with Crippen molar-refractivity contribution in [3.05, 3.63) is 0 Å². The summed E-state index contributed by atoms with van der Waals surface area (Å²) in [6, 6.07) is 0. The van der Waals surface area contributed by atoms with Crippen LogP contribution in [0.25, 0.3) is 0 Å². The molecule has 1 aliphatic rings. The van der Waals surface area contributed by atoms with Crippen LogP contribution in [0.2, 0.25) is 0 Å². The lowest BCUT2D eigenvalue weighted by Crippen LogP contribution is -2.43. The number of likely N-dealkylation sites (tertiary alicyclic amines) is 1. The van der Waals surface area contributed by atoms with Crippen LogP contribution in [0.15, 0.2) is 0 Å². The van der Waals surface area contributed by atoms with Crippen LogP contribution in [-0.2, 0) is 0 Å². The van der Waals surface area contributed by atoms with Crippen LogP contribution in [0.1, 0.15) is 47.0 Å². The summed E-state index contributed by atoms with van der Waals surface area (Å²) >= 11 is 0. The van der Waals surface area contributed by atoms with Gasteiger partial charge in [-0.05, 0) is 57.3 Å². The maximum atomic E-state index is 3.64. The SMILES string of the molecule is CCC(C)(CNCC(C)C)CN(C)CCN1CCCC1. The molecule has 0 aromatic rings. The van der Waals surface area contributed by atoms with Gasteiger partial charge in [-0.25, -0.2) is 0 Å². The fourth-order valence-corrected chi connectivity index (χ4v) is 3.00. The summed E-state index contributed by atoms with van der Waals surface area (Å²) < 4.78 is 0. The van der Waals surface area contributed by atoms with Crippen molar-refractivity contribution in [3.8, 4) is 0 Å². The summed E-state index contributed by atoms with van der Waals surface area (Å²) in [5.74, 6) is 0.740. The number of rotatable bonds is 10. The van der Waals surface area contributed by atoms with Crippen molar-refractivity contribution in [1.29, 1.82) is 0 Å². The number of hydrogen-bond donors (Lipinski definition) is 1.